The van der Waals surface area contributed by atoms with Gasteiger partial charge in [0.05, 0.1) is 23.0 Å². The molecular formula is C13H10N4O3. The van der Waals surface area contributed by atoms with Gasteiger partial charge in [0.1, 0.15) is 5.69 Å². The molecule has 3 heterocycles. The summed E-state index contributed by atoms with van der Waals surface area (Å²) in [5.41, 5.74) is 2.03. The molecule has 1 atom stereocenters. The fourth-order valence-electron chi connectivity index (χ4n) is 2.67. The third-order valence-corrected chi connectivity index (χ3v) is 3.65. The fourth-order valence-corrected chi connectivity index (χ4v) is 2.67. The predicted molar refractivity (Wildman–Crippen MR) is 68.8 cm³/mol. The molecule has 2 amide bonds. The number of carbonyl (C=O) groups is 2. The molecule has 3 aromatic rings. The highest BCUT2D eigenvalue weighted by atomic mass is 16.5. The third-order valence-electron chi connectivity index (χ3n) is 3.65. The molecule has 2 N–H and O–H groups in total. The number of benzene rings is 1. The van der Waals surface area contributed by atoms with Gasteiger partial charge in [0.25, 0.3) is 0 Å². The van der Waals surface area contributed by atoms with E-state index in [1.54, 1.807) is 12.3 Å². The van der Waals surface area contributed by atoms with Gasteiger partial charge in [-0.05, 0) is 18.6 Å². The lowest BCUT2D eigenvalue weighted by Crippen LogP contribution is -2.39. The second-order valence-corrected chi connectivity index (χ2v) is 4.84. The van der Waals surface area contributed by atoms with Crippen LogP contribution in [0.2, 0.25) is 0 Å². The van der Waals surface area contributed by atoms with Crippen molar-refractivity contribution >= 4 is 33.7 Å². The summed E-state index contributed by atoms with van der Waals surface area (Å²) in [5.74, 6) is -1.03. The number of piperidine rings is 1. The zero-order valence-corrected chi connectivity index (χ0v) is 10.3. The van der Waals surface area contributed by atoms with Crippen molar-refractivity contribution in [3.8, 4) is 0 Å². The highest BCUT2D eigenvalue weighted by Gasteiger charge is 2.32. The van der Waals surface area contributed by atoms with Crippen LogP contribution < -0.4 is 5.32 Å². The van der Waals surface area contributed by atoms with E-state index in [0.717, 1.165) is 16.3 Å². The lowest BCUT2D eigenvalue weighted by Gasteiger charge is -2.18. The van der Waals surface area contributed by atoms with Crippen LogP contribution in [0.3, 0.4) is 0 Å². The maximum absolute atomic E-state index is 12.0. The number of rotatable bonds is 1. The average Bonchev–Trinajstić information content (AvgIpc) is 3.03. The minimum atomic E-state index is -0.463. The predicted octanol–water partition coefficient (Wildman–Crippen LogP) is 1.22. The molecular weight excluding hydrogens is 260 g/mol. The first-order chi connectivity index (χ1) is 9.74. The smallest absolute Gasteiger partial charge is 0.235 e. The Morgan fingerprint density at radius 2 is 2.20 bits per heavy atom. The van der Waals surface area contributed by atoms with Gasteiger partial charge in [0.2, 0.25) is 11.8 Å². The number of nitrogens with one attached hydrogen (secondary N) is 2. The Balaban J connectivity index is 1.93. The monoisotopic (exact) mass is 270 g/mol. The molecule has 20 heavy (non-hydrogen) atoms. The van der Waals surface area contributed by atoms with Gasteiger partial charge in [0, 0.05) is 11.8 Å². The number of carbonyl (C=O) groups excluding carboxylic acids is 2. The quantitative estimate of drug-likeness (QED) is 0.647. The summed E-state index contributed by atoms with van der Waals surface area (Å²) >= 11 is 0. The van der Waals surface area contributed by atoms with E-state index < -0.39 is 5.92 Å². The highest BCUT2D eigenvalue weighted by molar-refractivity contribution is 6.08. The topological polar surface area (TPSA) is 101 Å². The summed E-state index contributed by atoms with van der Waals surface area (Å²) in [7, 11) is 0. The Morgan fingerprint density at radius 1 is 1.30 bits per heavy atom. The fraction of sp³-hybridized carbons (Fsp3) is 0.231. The van der Waals surface area contributed by atoms with E-state index >= 15 is 0 Å². The van der Waals surface area contributed by atoms with Crippen molar-refractivity contribution in [2.75, 3.05) is 0 Å². The second kappa shape index (κ2) is 3.89. The zero-order valence-electron chi connectivity index (χ0n) is 10.3. The Bertz CT molecular complexity index is 848. The minimum Gasteiger partial charge on any atom is -0.356 e. The van der Waals surface area contributed by atoms with Crippen LogP contribution in [0.25, 0.3) is 21.9 Å². The normalized spacial score (nSPS) is 19.7. The van der Waals surface area contributed by atoms with E-state index in [1.807, 2.05) is 6.07 Å². The standard InChI is InChI=1S/C13H10N4O3/c18-10-4-1-6(13(19)15-10)12-11-7-5-14-16-8(7)2-3-9(11)20-17-12/h2-3,5-6H,1,4H2,(H,14,16)(H,15,18,19)/t6-/m1/s1. The van der Waals surface area contributed by atoms with Crippen LogP contribution in [-0.2, 0) is 9.59 Å². The first-order valence-corrected chi connectivity index (χ1v) is 6.29. The number of aromatic nitrogens is 3. The number of H-pyrrole nitrogens is 1. The van der Waals surface area contributed by atoms with Crippen molar-refractivity contribution in [2.45, 2.75) is 18.8 Å². The van der Waals surface area contributed by atoms with Crippen LogP contribution in [0.5, 0.6) is 0 Å². The van der Waals surface area contributed by atoms with Gasteiger partial charge in [-0.25, -0.2) is 0 Å². The van der Waals surface area contributed by atoms with Gasteiger partial charge in [-0.3, -0.25) is 20.0 Å². The summed E-state index contributed by atoms with van der Waals surface area (Å²) in [5, 5.41) is 14.9. The summed E-state index contributed by atoms with van der Waals surface area (Å²) in [6, 6.07) is 3.64. The van der Waals surface area contributed by atoms with Crippen molar-refractivity contribution in [3.05, 3.63) is 24.0 Å². The maximum Gasteiger partial charge on any atom is 0.235 e. The van der Waals surface area contributed by atoms with E-state index in [2.05, 4.69) is 20.7 Å². The Hall–Kier alpha value is -2.70. The van der Waals surface area contributed by atoms with Gasteiger partial charge in [0.15, 0.2) is 5.58 Å². The van der Waals surface area contributed by atoms with Gasteiger partial charge in [-0.2, -0.15) is 5.10 Å². The Kier molecular flexibility index (Phi) is 2.17. The number of nitrogens with zero attached hydrogens (tertiary/aromatic N) is 2. The largest absolute Gasteiger partial charge is 0.356 e. The summed E-state index contributed by atoms with van der Waals surface area (Å²) in [4.78, 5) is 23.2. The summed E-state index contributed by atoms with van der Waals surface area (Å²) < 4.78 is 5.30. The molecule has 0 unspecified atom stereocenters. The van der Waals surface area contributed by atoms with Gasteiger partial charge >= 0.3 is 0 Å². The summed E-state index contributed by atoms with van der Waals surface area (Å²) in [6.45, 7) is 0. The van der Waals surface area contributed by atoms with Crippen LogP contribution >= 0.6 is 0 Å². The molecule has 1 aromatic carbocycles. The Morgan fingerprint density at radius 3 is 3.05 bits per heavy atom. The third kappa shape index (κ3) is 1.46. The van der Waals surface area contributed by atoms with Crippen molar-refractivity contribution in [3.63, 3.8) is 0 Å². The van der Waals surface area contributed by atoms with Crippen LogP contribution in [-0.4, -0.2) is 27.2 Å². The molecule has 100 valence electrons. The van der Waals surface area contributed by atoms with E-state index in [0.29, 0.717) is 24.1 Å². The molecule has 1 aliphatic heterocycles. The Labute approximate surface area is 112 Å². The van der Waals surface area contributed by atoms with Crippen molar-refractivity contribution in [2.24, 2.45) is 0 Å². The molecule has 1 fully saturated rings. The van der Waals surface area contributed by atoms with E-state index in [4.69, 9.17) is 4.52 Å². The molecule has 0 saturated carbocycles. The van der Waals surface area contributed by atoms with Gasteiger partial charge in [-0.15, -0.1) is 0 Å². The molecule has 7 heteroatoms. The molecule has 0 spiro atoms. The number of fused-ring (bicyclic) bond motifs is 3. The van der Waals surface area contributed by atoms with Crippen LogP contribution in [0, 0.1) is 0 Å². The molecule has 0 bridgehead atoms. The van der Waals surface area contributed by atoms with E-state index in [9.17, 15) is 9.59 Å². The SMILES string of the molecule is O=C1CC[C@H](c2noc3ccc4[nH]ncc4c23)C(=O)N1. The van der Waals surface area contributed by atoms with Gasteiger partial charge < -0.3 is 4.52 Å². The molecule has 0 aliphatic carbocycles. The van der Waals surface area contributed by atoms with Crippen molar-refractivity contribution < 1.29 is 14.1 Å². The molecule has 4 rings (SSSR count). The average molecular weight is 270 g/mol. The number of hydrogen-bond donors (Lipinski definition) is 2. The van der Waals surface area contributed by atoms with Crippen LogP contribution in [0.1, 0.15) is 24.5 Å². The van der Waals surface area contributed by atoms with Gasteiger partial charge in [-0.1, -0.05) is 5.16 Å². The van der Waals surface area contributed by atoms with Crippen LogP contribution in [0.15, 0.2) is 22.9 Å². The van der Waals surface area contributed by atoms with Crippen molar-refractivity contribution in [1.82, 2.24) is 20.7 Å². The molecule has 0 radical (unpaired) electrons. The highest BCUT2D eigenvalue weighted by Crippen LogP contribution is 2.34. The first kappa shape index (κ1) is 11.2. The number of imide groups is 1. The molecule has 1 saturated heterocycles. The zero-order chi connectivity index (χ0) is 13.7. The maximum atomic E-state index is 12.0. The lowest BCUT2D eigenvalue weighted by atomic mass is 9.92. The summed E-state index contributed by atoms with van der Waals surface area (Å²) in [6.07, 6.45) is 2.44. The van der Waals surface area contributed by atoms with E-state index in [1.165, 1.54) is 0 Å². The van der Waals surface area contributed by atoms with E-state index in [-0.39, 0.29) is 11.8 Å². The first-order valence-electron chi connectivity index (χ1n) is 6.29. The lowest BCUT2D eigenvalue weighted by molar-refractivity contribution is -0.134. The molecule has 7 nitrogen and oxygen atoms in total. The van der Waals surface area contributed by atoms with Crippen molar-refractivity contribution in [1.29, 1.82) is 0 Å². The second-order valence-electron chi connectivity index (χ2n) is 4.84. The number of hydrogen-bond acceptors (Lipinski definition) is 5. The minimum absolute atomic E-state index is 0.243. The molecule has 2 aromatic heterocycles. The number of amides is 2. The van der Waals surface area contributed by atoms with Crippen LogP contribution in [0.4, 0.5) is 0 Å². The number of aromatic amines is 1. The molecule has 1 aliphatic rings.